The first-order valence-corrected chi connectivity index (χ1v) is 9.23. The summed E-state index contributed by atoms with van der Waals surface area (Å²) in [5.41, 5.74) is 0.396. The lowest BCUT2D eigenvalue weighted by Crippen LogP contribution is -2.39. The topological polar surface area (TPSA) is 29.5 Å². The van der Waals surface area contributed by atoms with E-state index in [1.54, 1.807) is 17.0 Å². The van der Waals surface area contributed by atoms with Crippen LogP contribution < -0.4 is 0 Å². The third kappa shape index (κ3) is 5.38. The van der Waals surface area contributed by atoms with E-state index in [9.17, 15) is 18.0 Å². The fraction of sp³-hybridized carbons (Fsp3) is 0.318. The molecule has 0 aromatic heterocycles. The maximum absolute atomic E-state index is 13.1. The molecule has 1 fully saturated rings. The van der Waals surface area contributed by atoms with E-state index in [1.807, 2.05) is 30.3 Å². The summed E-state index contributed by atoms with van der Waals surface area (Å²) >= 11 is 0. The number of carbonyl (C=O) groups is 1. The zero-order valence-electron chi connectivity index (χ0n) is 15.4. The van der Waals surface area contributed by atoms with Crippen LogP contribution in [0.25, 0.3) is 6.08 Å². The van der Waals surface area contributed by atoms with Crippen molar-refractivity contribution in [1.29, 1.82) is 0 Å². The minimum Gasteiger partial charge on any atom is -0.445 e. The molecule has 2 aromatic rings. The van der Waals surface area contributed by atoms with Crippen molar-refractivity contribution >= 4 is 12.2 Å². The van der Waals surface area contributed by atoms with E-state index in [1.165, 1.54) is 18.2 Å². The number of piperidine rings is 1. The average molecular weight is 389 g/mol. The smallest absolute Gasteiger partial charge is 0.416 e. The van der Waals surface area contributed by atoms with Crippen LogP contribution in [0.5, 0.6) is 0 Å². The molecule has 3 rings (SSSR count). The molecule has 0 unspecified atom stereocenters. The molecule has 1 atom stereocenters. The largest absolute Gasteiger partial charge is 0.445 e. The lowest BCUT2D eigenvalue weighted by atomic mass is 9.96. The number of rotatable bonds is 4. The summed E-state index contributed by atoms with van der Waals surface area (Å²) in [6.45, 7) is 1.24. The minimum absolute atomic E-state index is 0.000634. The Kier molecular flexibility index (Phi) is 6.39. The quantitative estimate of drug-likeness (QED) is 0.665. The number of benzene rings is 2. The highest BCUT2D eigenvalue weighted by atomic mass is 19.4. The van der Waals surface area contributed by atoms with E-state index < -0.39 is 17.8 Å². The van der Waals surface area contributed by atoms with E-state index in [0.717, 1.165) is 24.5 Å². The van der Waals surface area contributed by atoms with Crippen molar-refractivity contribution in [3.63, 3.8) is 0 Å². The Morgan fingerprint density at radius 3 is 2.57 bits per heavy atom. The molecule has 148 valence electrons. The van der Waals surface area contributed by atoms with Crippen molar-refractivity contribution < 1.29 is 22.7 Å². The van der Waals surface area contributed by atoms with Gasteiger partial charge in [-0.3, -0.25) is 0 Å². The molecular formula is C22H22F3NO2. The second kappa shape index (κ2) is 8.95. The van der Waals surface area contributed by atoms with Gasteiger partial charge in [0.05, 0.1) is 5.56 Å². The normalized spacial score (nSPS) is 17.7. The van der Waals surface area contributed by atoms with Crippen molar-refractivity contribution in [1.82, 2.24) is 4.90 Å². The highest BCUT2D eigenvalue weighted by molar-refractivity contribution is 5.68. The van der Waals surface area contributed by atoms with Gasteiger partial charge in [0.25, 0.3) is 0 Å². The average Bonchev–Trinajstić information content (AvgIpc) is 2.71. The fourth-order valence-electron chi connectivity index (χ4n) is 3.28. The van der Waals surface area contributed by atoms with Gasteiger partial charge in [0.1, 0.15) is 6.61 Å². The van der Waals surface area contributed by atoms with Gasteiger partial charge >= 0.3 is 12.3 Å². The van der Waals surface area contributed by atoms with Crippen LogP contribution in [-0.4, -0.2) is 24.1 Å². The van der Waals surface area contributed by atoms with Gasteiger partial charge in [0, 0.05) is 13.1 Å². The van der Waals surface area contributed by atoms with Gasteiger partial charge in [-0.05, 0) is 36.0 Å². The molecule has 2 aromatic carbocycles. The maximum Gasteiger partial charge on any atom is 0.416 e. The number of nitrogens with zero attached hydrogens (tertiary/aromatic N) is 1. The first kappa shape index (κ1) is 20.0. The zero-order chi connectivity index (χ0) is 20.0. The number of hydrogen-bond donors (Lipinski definition) is 0. The molecule has 1 heterocycles. The first-order chi connectivity index (χ1) is 13.4. The summed E-state index contributed by atoms with van der Waals surface area (Å²) in [5.74, 6) is -0.000634. The Morgan fingerprint density at radius 2 is 1.82 bits per heavy atom. The summed E-state index contributed by atoms with van der Waals surface area (Å²) in [7, 11) is 0. The van der Waals surface area contributed by atoms with Crippen LogP contribution in [0.15, 0.2) is 60.7 Å². The van der Waals surface area contributed by atoms with E-state index in [-0.39, 0.29) is 18.1 Å². The molecule has 0 aliphatic carbocycles. The maximum atomic E-state index is 13.1. The van der Waals surface area contributed by atoms with E-state index in [2.05, 4.69) is 0 Å². The summed E-state index contributed by atoms with van der Waals surface area (Å²) in [6.07, 6.45) is 0.107. The Balaban J connectivity index is 1.59. The second-order valence-electron chi connectivity index (χ2n) is 6.83. The Bertz CT molecular complexity index is 818. The number of ether oxygens (including phenoxy) is 1. The highest BCUT2D eigenvalue weighted by Gasteiger charge is 2.32. The molecular weight excluding hydrogens is 367 g/mol. The van der Waals surface area contributed by atoms with Crippen LogP contribution in [-0.2, 0) is 17.5 Å². The molecule has 0 N–H and O–H groups in total. The van der Waals surface area contributed by atoms with Gasteiger partial charge in [-0.2, -0.15) is 13.2 Å². The monoisotopic (exact) mass is 389 g/mol. The highest BCUT2D eigenvalue weighted by Crippen LogP contribution is 2.32. The van der Waals surface area contributed by atoms with Gasteiger partial charge in [0.15, 0.2) is 0 Å². The number of amides is 1. The minimum atomic E-state index is -4.39. The van der Waals surface area contributed by atoms with E-state index in [0.29, 0.717) is 13.1 Å². The summed E-state index contributed by atoms with van der Waals surface area (Å²) < 4.78 is 44.7. The molecule has 1 aliphatic heterocycles. The van der Waals surface area contributed by atoms with Crippen molar-refractivity contribution in [2.24, 2.45) is 5.92 Å². The van der Waals surface area contributed by atoms with Crippen LogP contribution in [0, 0.1) is 5.92 Å². The summed E-state index contributed by atoms with van der Waals surface area (Å²) in [4.78, 5) is 13.9. The van der Waals surface area contributed by atoms with Gasteiger partial charge in [0.2, 0.25) is 0 Å². The van der Waals surface area contributed by atoms with Crippen molar-refractivity contribution in [3.8, 4) is 0 Å². The fourth-order valence-corrected chi connectivity index (χ4v) is 3.28. The first-order valence-electron chi connectivity index (χ1n) is 9.23. The molecule has 1 aliphatic rings. The van der Waals surface area contributed by atoms with Crippen LogP contribution in [0.3, 0.4) is 0 Å². The molecule has 1 saturated heterocycles. The SMILES string of the molecule is O=C(OCc1ccccc1)N1CCC[C@H](/C=C/c2ccccc2C(F)(F)F)C1. The molecule has 3 nitrogen and oxygen atoms in total. The van der Waals surface area contributed by atoms with Gasteiger partial charge < -0.3 is 9.64 Å². The van der Waals surface area contributed by atoms with Crippen molar-refractivity contribution in [2.75, 3.05) is 13.1 Å². The predicted octanol–water partition coefficient (Wildman–Crippen LogP) is 5.77. The standard InChI is InChI=1S/C22H22F3NO2/c23-22(24,25)20-11-5-4-10-19(20)13-12-17-9-6-14-26(15-17)21(27)28-16-18-7-2-1-3-8-18/h1-5,7-8,10-13,17H,6,9,14-16H2/b13-12+/t17-/m1/s1. The van der Waals surface area contributed by atoms with Gasteiger partial charge in [-0.25, -0.2) is 4.79 Å². The zero-order valence-corrected chi connectivity index (χ0v) is 15.4. The summed E-state index contributed by atoms with van der Waals surface area (Å²) in [5, 5.41) is 0. The third-order valence-corrected chi connectivity index (χ3v) is 4.74. The molecule has 0 spiro atoms. The lowest BCUT2D eigenvalue weighted by Gasteiger charge is -2.30. The van der Waals surface area contributed by atoms with Crippen LogP contribution in [0.1, 0.15) is 29.5 Å². The Hall–Kier alpha value is -2.76. The second-order valence-corrected chi connectivity index (χ2v) is 6.83. The van der Waals surface area contributed by atoms with Crippen molar-refractivity contribution in [3.05, 3.63) is 77.4 Å². The van der Waals surface area contributed by atoms with Crippen LogP contribution >= 0.6 is 0 Å². The molecule has 1 amide bonds. The molecule has 6 heteroatoms. The van der Waals surface area contributed by atoms with Gasteiger partial charge in [-0.15, -0.1) is 0 Å². The van der Waals surface area contributed by atoms with E-state index >= 15 is 0 Å². The third-order valence-electron chi connectivity index (χ3n) is 4.74. The number of halogens is 3. The van der Waals surface area contributed by atoms with E-state index in [4.69, 9.17) is 4.74 Å². The Morgan fingerprint density at radius 1 is 1.11 bits per heavy atom. The van der Waals surface area contributed by atoms with Crippen molar-refractivity contribution in [2.45, 2.75) is 25.6 Å². The number of carbonyl (C=O) groups excluding carboxylic acids is 1. The van der Waals surface area contributed by atoms with Crippen LogP contribution in [0.4, 0.5) is 18.0 Å². The number of hydrogen-bond acceptors (Lipinski definition) is 2. The molecule has 0 bridgehead atoms. The molecule has 0 saturated carbocycles. The van der Waals surface area contributed by atoms with Crippen LogP contribution in [0.2, 0.25) is 0 Å². The number of likely N-dealkylation sites (tertiary alicyclic amines) is 1. The predicted molar refractivity (Wildman–Crippen MR) is 101 cm³/mol. The molecule has 0 radical (unpaired) electrons. The number of alkyl halides is 3. The molecule has 28 heavy (non-hydrogen) atoms. The van der Waals surface area contributed by atoms with Gasteiger partial charge in [-0.1, -0.05) is 60.7 Å². The Labute approximate surface area is 162 Å². The lowest BCUT2D eigenvalue weighted by molar-refractivity contribution is -0.137. The summed E-state index contributed by atoms with van der Waals surface area (Å²) in [6, 6.07) is 14.9.